The number of nitriles is 1. The number of esters is 1. The van der Waals surface area contributed by atoms with Gasteiger partial charge in [0, 0.05) is 17.0 Å². The summed E-state index contributed by atoms with van der Waals surface area (Å²) >= 11 is 6.06. The Hall–Kier alpha value is -4.02. The van der Waals surface area contributed by atoms with Crippen LogP contribution in [0.1, 0.15) is 53.7 Å². The fourth-order valence-corrected chi connectivity index (χ4v) is 4.29. The highest BCUT2D eigenvalue weighted by Gasteiger charge is 2.36. The van der Waals surface area contributed by atoms with Crippen LogP contribution in [0.5, 0.6) is 11.5 Å². The minimum absolute atomic E-state index is 0.0976. The molecular weight excluding hydrogens is 504 g/mol. The zero-order valence-corrected chi connectivity index (χ0v) is 22.8. The van der Waals surface area contributed by atoms with Gasteiger partial charge in [0.15, 0.2) is 5.60 Å². The van der Waals surface area contributed by atoms with Gasteiger partial charge in [-0.15, -0.1) is 0 Å². The molecular formula is C30H31ClN2O5. The lowest BCUT2D eigenvalue weighted by Gasteiger charge is -2.30. The average molecular weight is 535 g/mol. The van der Waals surface area contributed by atoms with Gasteiger partial charge in [0.2, 0.25) is 0 Å². The van der Waals surface area contributed by atoms with Gasteiger partial charge in [-0.25, -0.2) is 4.79 Å². The van der Waals surface area contributed by atoms with Crippen LogP contribution in [0.3, 0.4) is 0 Å². The molecule has 0 aliphatic heterocycles. The summed E-state index contributed by atoms with van der Waals surface area (Å²) in [6, 6.07) is 21.5. The van der Waals surface area contributed by atoms with Crippen molar-refractivity contribution in [3.63, 3.8) is 0 Å². The second-order valence-corrected chi connectivity index (χ2v) is 9.81. The Morgan fingerprint density at radius 1 is 1.00 bits per heavy atom. The van der Waals surface area contributed by atoms with Gasteiger partial charge in [-0.2, -0.15) is 5.26 Å². The van der Waals surface area contributed by atoms with Crippen molar-refractivity contribution in [2.75, 3.05) is 14.2 Å². The number of nitrogens with zero attached hydrogens (tertiary/aromatic N) is 1. The van der Waals surface area contributed by atoms with E-state index in [4.69, 9.17) is 25.8 Å². The van der Waals surface area contributed by atoms with E-state index in [1.807, 2.05) is 49.4 Å². The fourth-order valence-electron chi connectivity index (χ4n) is 4.16. The SMILES string of the molecule is COc1cccc(OC)c1C(=O)OC(C)(C)C(=O)N[C@@H](C)[C@@H](Cc1ccc(Cl)cc1)c1cccc(C#N)c1. The van der Waals surface area contributed by atoms with Crippen molar-refractivity contribution in [3.8, 4) is 17.6 Å². The Balaban J connectivity index is 1.83. The molecule has 0 saturated carbocycles. The van der Waals surface area contributed by atoms with Gasteiger partial charge in [0.05, 0.1) is 25.9 Å². The topological polar surface area (TPSA) is 97.7 Å². The van der Waals surface area contributed by atoms with Crippen LogP contribution in [0.4, 0.5) is 0 Å². The first-order valence-corrected chi connectivity index (χ1v) is 12.5. The first-order valence-electron chi connectivity index (χ1n) is 12.1. The average Bonchev–Trinajstić information content (AvgIpc) is 2.91. The number of rotatable bonds is 10. The van der Waals surface area contributed by atoms with E-state index in [0.717, 1.165) is 11.1 Å². The molecule has 0 aliphatic carbocycles. The third-order valence-electron chi connectivity index (χ3n) is 6.30. The molecule has 0 aliphatic rings. The molecule has 0 bridgehead atoms. The van der Waals surface area contributed by atoms with Crippen molar-refractivity contribution in [1.29, 1.82) is 5.26 Å². The van der Waals surface area contributed by atoms with Crippen molar-refractivity contribution in [2.45, 2.75) is 44.8 Å². The van der Waals surface area contributed by atoms with Crippen molar-refractivity contribution in [3.05, 3.63) is 94.0 Å². The third kappa shape index (κ3) is 6.84. The van der Waals surface area contributed by atoms with E-state index in [0.29, 0.717) is 17.0 Å². The van der Waals surface area contributed by atoms with Gasteiger partial charge < -0.3 is 19.5 Å². The van der Waals surface area contributed by atoms with Crippen molar-refractivity contribution < 1.29 is 23.8 Å². The predicted molar refractivity (Wildman–Crippen MR) is 146 cm³/mol. The summed E-state index contributed by atoms with van der Waals surface area (Å²) in [6.45, 7) is 4.94. The highest BCUT2D eigenvalue weighted by atomic mass is 35.5. The largest absolute Gasteiger partial charge is 0.496 e. The summed E-state index contributed by atoms with van der Waals surface area (Å²) in [5.74, 6) is -0.829. The quantitative estimate of drug-likeness (QED) is 0.335. The first kappa shape index (κ1) is 28.5. The number of carbonyl (C=O) groups is 2. The molecule has 1 N–H and O–H groups in total. The van der Waals surface area contributed by atoms with Crippen molar-refractivity contribution >= 4 is 23.5 Å². The number of amides is 1. The van der Waals surface area contributed by atoms with Crippen molar-refractivity contribution in [2.24, 2.45) is 0 Å². The van der Waals surface area contributed by atoms with Gasteiger partial charge in [-0.3, -0.25) is 4.79 Å². The van der Waals surface area contributed by atoms with E-state index < -0.39 is 17.5 Å². The van der Waals surface area contributed by atoms with Gasteiger partial charge in [-0.1, -0.05) is 41.9 Å². The normalized spacial score (nSPS) is 12.6. The Labute approximate surface area is 228 Å². The second-order valence-electron chi connectivity index (χ2n) is 9.37. The molecule has 198 valence electrons. The summed E-state index contributed by atoms with van der Waals surface area (Å²) < 4.78 is 16.3. The Morgan fingerprint density at radius 3 is 2.18 bits per heavy atom. The number of halogens is 1. The summed E-state index contributed by atoms with van der Waals surface area (Å²) in [6.07, 6.45) is 0.589. The van der Waals surface area contributed by atoms with E-state index >= 15 is 0 Å². The molecule has 0 unspecified atom stereocenters. The number of methoxy groups -OCH3 is 2. The molecule has 0 heterocycles. The molecule has 7 nitrogen and oxygen atoms in total. The first-order chi connectivity index (χ1) is 18.1. The van der Waals surface area contributed by atoms with Crippen LogP contribution in [0.25, 0.3) is 0 Å². The van der Waals surface area contributed by atoms with E-state index in [9.17, 15) is 14.9 Å². The lowest BCUT2D eigenvalue weighted by molar-refractivity contribution is -0.138. The van der Waals surface area contributed by atoms with Gasteiger partial charge in [-0.05, 0) is 74.7 Å². The molecule has 3 rings (SSSR count). The molecule has 0 fully saturated rings. The standard InChI is InChI=1S/C30H31ClN2O5/c1-19(24(17-20-12-14-23(31)15-13-20)22-9-6-8-21(16-22)18-32)33-29(35)30(2,3)38-28(34)27-25(36-4)10-7-11-26(27)37-5/h6-16,19,24H,17H2,1-5H3,(H,33,35)/t19-,24+/m0/s1. The van der Waals surface area contributed by atoms with Gasteiger partial charge in [0.25, 0.3) is 5.91 Å². The van der Waals surface area contributed by atoms with Gasteiger partial charge in [0.1, 0.15) is 17.1 Å². The minimum atomic E-state index is -1.50. The van der Waals surface area contributed by atoms with E-state index in [1.54, 1.807) is 24.3 Å². The number of carbonyl (C=O) groups excluding carboxylic acids is 2. The van der Waals surface area contributed by atoms with Crippen LogP contribution >= 0.6 is 11.6 Å². The summed E-state index contributed by atoms with van der Waals surface area (Å²) in [4.78, 5) is 26.5. The third-order valence-corrected chi connectivity index (χ3v) is 6.55. The Morgan fingerprint density at radius 2 is 1.61 bits per heavy atom. The molecule has 0 saturated heterocycles. The lowest BCUT2D eigenvalue weighted by atomic mass is 9.85. The molecule has 0 aromatic heterocycles. The van der Waals surface area contributed by atoms with Crippen molar-refractivity contribution in [1.82, 2.24) is 5.32 Å². The predicted octanol–water partition coefficient (Wildman–Crippen LogP) is 5.70. The Bertz CT molecular complexity index is 1310. The van der Waals surface area contributed by atoms with E-state index in [2.05, 4.69) is 11.4 Å². The van der Waals surface area contributed by atoms with Gasteiger partial charge >= 0.3 is 5.97 Å². The van der Waals surface area contributed by atoms with E-state index in [1.165, 1.54) is 28.1 Å². The number of hydrogen-bond acceptors (Lipinski definition) is 6. The number of hydrogen-bond donors (Lipinski definition) is 1. The maximum Gasteiger partial charge on any atom is 0.346 e. The lowest BCUT2D eigenvalue weighted by Crippen LogP contribution is -2.50. The van der Waals surface area contributed by atoms with Crippen LogP contribution in [-0.4, -0.2) is 37.7 Å². The highest BCUT2D eigenvalue weighted by molar-refractivity contribution is 6.30. The molecule has 3 aromatic rings. The smallest absolute Gasteiger partial charge is 0.346 e. The molecule has 0 radical (unpaired) electrons. The summed E-state index contributed by atoms with van der Waals surface area (Å²) in [7, 11) is 2.88. The number of benzene rings is 3. The molecule has 38 heavy (non-hydrogen) atoms. The second kappa shape index (κ2) is 12.5. The summed E-state index contributed by atoms with van der Waals surface area (Å²) in [5, 5.41) is 13.1. The monoisotopic (exact) mass is 534 g/mol. The molecule has 0 spiro atoms. The Kier molecular flexibility index (Phi) is 9.38. The van der Waals surface area contributed by atoms with Crippen LogP contribution in [-0.2, 0) is 16.0 Å². The molecule has 1 amide bonds. The van der Waals surface area contributed by atoms with Crippen LogP contribution in [0.15, 0.2) is 66.7 Å². The fraction of sp³-hybridized carbons (Fsp3) is 0.300. The zero-order chi connectivity index (χ0) is 27.9. The zero-order valence-electron chi connectivity index (χ0n) is 22.1. The van der Waals surface area contributed by atoms with E-state index in [-0.39, 0.29) is 29.0 Å². The van der Waals surface area contributed by atoms with Crippen LogP contribution in [0, 0.1) is 11.3 Å². The maximum atomic E-state index is 13.4. The highest BCUT2D eigenvalue weighted by Crippen LogP contribution is 2.31. The summed E-state index contributed by atoms with van der Waals surface area (Å²) in [5.41, 5.74) is 1.05. The molecule has 3 aromatic carbocycles. The minimum Gasteiger partial charge on any atom is -0.496 e. The van der Waals surface area contributed by atoms with Crippen LogP contribution < -0.4 is 14.8 Å². The van der Waals surface area contributed by atoms with Crippen LogP contribution in [0.2, 0.25) is 5.02 Å². The number of ether oxygens (including phenoxy) is 3. The molecule has 8 heteroatoms. The molecule has 2 atom stereocenters. The maximum absolute atomic E-state index is 13.4. The number of nitrogens with one attached hydrogen (secondary N) is 1.